The molecule has 0 saturated carbocycles. The molecule has 0 radical (unpaired) electrons. The first-order chi connectivity index (χ1) is 9.02. The number of nitro groups is 1. The molecule has 9 nitrogen and oxygen atoms in total. The maximum Gasteiger partial charge on any atom is 0.433 e. The highest BCUT2D eigenvalue weighted by Crippen LogP contribution is 2.30. The van der Waals surface area contributed by atoms with E-state index >= 15 is 0 Å². The maximum atomic E-state index is 10.9. The summed E-state index contributed by atoms with van der Waals surface area (Å²) in [7, 11) is 0. The number of carboxylic acids is 1. The molecular formula is C10H8N2O7. The molecule has 0 unspecified atom stereocenters. The van der Waals surface area contributed by atoms with Gasteiger partial charge in [0.15, 0.2) is 5.76 Å². The number of aromatic nitrogens is 1. The van der Waals surface area contributed by atoms with E-state index in [0.29, 0.717) is 0 Å². The van der Waals surface area contributed by atoms with Crippen LogP contribution >= 0.6 is 0 Å². The van der Waals surface area contributed by atoms with E-state index in [4.69, 9.17) is 18.7 Å². The van der Waals surface area contributed by atoms with Crippen LogP contribution in [-0.2, 0) is 0 Å². The zero-order valence-electron chi connectivity index (χ0n) is 9.65. The van der Waals surface area contributed by atoms with Crippen molar-refractivity contribution in [3.63, 3.8) is 0 Å². The van der Waals surface area contributed by atoms with Gasteiger partial charge < -0.3 is 18.7 Å². The number of furan rings is 1. The number of carboxylic acid groups (broad SMARTS) is 1. The van der Waals surface area contributed by atoms with E-state index in [1.54, 1.807) is 6.92 Å². The minimum atomic E-state index is -1.33. The number of aromatic carboxylic acids is 1. The van der Waals surface area contributed by atoms with Gasteiger partial charge in [-0.15, -0.1) is 0 Å². The highest BCUT2D eigenvalue weighted by atomic mass is 16.7. The van der Waals surface area contributed by atoms with Crippen LogP contribution < -0.4 is 4.74 Å². The van der Waals surface area contributed by atoms with Gasteiger partial charge in [-0.25, -0.2) is 4.79 Å². The normalized spacial score (nSPS) is 10.4. The SMILES string of the molecule is CCOc1oc(-c2ccc([N+](=O)[O-])o2)nc1C(=O)O. The van der Waals surface area contributed by atoms with Gasteiger partial charge in [-0.3, -0.25) is 10.1 Å². The van der Waals surface area contributed by atoms with Crippen LogP contribution in [0.3, 0.4) is 0 Å². The molecule has 2 heterocycles. The van der Waals surface area contributed by atoms with Gasteiger partial charge >= 0.3 is 17.8 Å². The summed E-state index contributed by atoms with van der Waals surface area (Å²) in [6, 6.07) is 2.37. The molecule has 0 amide bonds. The molecule has 0 atom stereocenters. The van der Waals surface area contributed by atoms with Gasteiger partial charge in [0.05, 0.1) is 12.7 Å². The molecule has 1 N–H and O–H groups in total. The largest absolute Gasteiger partial charge is 0.476 e. The van der Waals surface area contributed by atoms with Crippen LogP contribution in [0, 0.1) is 10.1 Å². The molecule has 2 rings (SSSR count). The summed E-state index contributed by atoms with van der Waals surface area (Å²) < 4.78 is 14.9. The van der Waals surface area contributed by atoms with E-state index in [9.17, 15) is 14.9 Å². The smallest absolute Gasteiger partial charge is 0.433 e. The highest BCUT2D eigenvalue weighted by molar-refractivity contribution is 5.88. The van der Waals surface area contributed by atoms with Crippen molar-refractivity contribution in [2.24, 2.45) is 0 Å². The average Bonchev–Trinajstić information content (AvgIpc) is 2.94. The fourth-order valence-corrected chi connectivity index (χ4v) is 1.32. The molecule has 19 heavy (non-hydrogen) atoms. The third-order valence-electron chi connectivity index (χ3n) is 2.06. The van der Waals surface area contributed by atoms with E-state index in [-0.39, 0.29) is 24.2 Å². The van der Waals surface area contributed by atoms with E-state index in [0.717, 1.165) is 6.07 Å². The Kier molecular flexibility index (Phi) is 3.19. The second-order valence-corrected chi connectivity index (χ2v) is 3.29. The Bertz CT molecular complexity index is 628. The van der Waals surface area contributed by atoms with E-state index in [1.165, 1.54) is 6.07 Å². The van der Waals surface area contributed by atoms with Crippen LogP contribution in [0.4, 0.5) is 5.88 Å². The summed E-state index contributed by atoms with van der Waals surface area (Å²) in [6.45, 7) is 1.83. The summed E-state index contributed by atoms with van der Waals surface area (Å²) in [5.41, 5.74) is -0.420. The maximum absolute atomic E-state index is 10.9. The molecule has 0 aromatic carbocycles. The predicted octanol–water partition coefficient (Wildman–Crippen LogP) is 1.94. The summed E-state index contributed by atoms with van der Waals surface area (Å²) in [5.74, 6) is -2.36. The Balaban J connectivity index is 2.41. The Morgan fingerprint density at radius 3 is 2.79 bits per heavy atom. The highest BCUT2D eigenvalue weighted by Gasteiger charge is 2.24. The second kappa shape index (κ2) is 4.80. The fraction of sp³-hybridized carbons (Fsp3) is 0.200. The Morgan fingerprint density at radius 2 is 2.26 bits per heavy atom. The standard InChI is InChI=1S/C10H8N2O7/c1-2-17-10-7(9(13)14)11-8(19-10)5-3-4-6(18-5)12(15)16/h3-4H,2H2,1H3,(H,13,14). The molecule has 2 aromatic rings. The zero-order chi connectivity index (χ0) is 14.0. The molecular weight excluding hydrogens is 260 g/mol. The molecule has 9 heteroatoms. The van der Waals surface area contributed by atoms with Crippen LogP contribution in [0.15, 0.2) is 21.0 Å². The first-order valence-electron chi connectivity index (χ1n) is 5.14. The zero-order valence-corrected chi connectivity index (χ0v) is 9.65. The number of carbonyl (C=O) groups is 1. The summed E-state index contributed by atoms with van der Waals surface area (Å²) in [5, 5.41) is 19.4. The number of ether oxygens (including phenoxy) is 1. The van der Waals surface area contributed by atoms with Crippen molar-refractivity contribution in [2.75, 3.05) is 6.61 Å². The van der Waals surface area contributed by atoms with E-state index in [1.807, 2.05) is 0 Å². The van der Waals surface area contributed by atoms with Gasteiger partial charge in [-0.05, 0) is 13.0 Å². The average molecular weight is 268 g/mol. The van der Waals surface area contributed by atoms with Crippen LogP contribution in [0.25, 0.3) is 11.7 Å². The van der Waals surface area contributed by atoms with Crippen LogP contribution in [0.2, 0.25) is 0 Å². The lowest BCUT2D eigenvalue weighted by Crippen LogP contribution is -2.01. The predicted molar refractivity (Wildman–Crippen MR) is 59.0 cm³/mol. The summed E-state index contributed by atoms with van der Waals surface area (Å²) in [4.78, 5) is 24.3. The number of hydrogen-bond donors (Lipinski definition) is 1. The van der Waals surface area contributed by atoms with Gasteiger partial charge in [0.25, 0.3) is 5.89 Å². The Hall–Kier alpha value is -2.84. The molecule has 0 spiro atoms. The van der Waals surface area contributed by atoms with Crippen molar-refractivity contribution in [1.29, 1.82) is 0 Å². The van der Waals surface area contributed by atoms with Crippen molar-refractivity contribution in [1.82, 2.24) is 4.98 Å². The topological polar surface area (TPSA) is 129 Å². The first kappa shape index (κ1) is 12.6. The van der Waals surface area contributed by atoms with Crippen molar-refractivity contribution in [2.45, 2.75) is 6.92 Å². The molecule has 0 aliphatic heterocycles. The number of oxazole rings is 1. The Morgan fingerprint density at radius 1 is 1.53 bits per heavy atom. The number of nitrogens with zero attached hydrogens (tertiary/aromatic N) is 2. The van der Waals surface area contributed by atoms with Gasteiger partial charge in [0.1, 0.15) is 4.92 Å². The lowest BCUT2D eigenvalue weighted by atomic mass is 10.4. The summed E-state index contributed by atoms with van der Waals surface area (Å²) >= 11 is 0. The van der Waals surface area contributed by atoms with Gasteiger partial charge in [0, 0.05) is 0 Å². The minimum Gasteiger partial charge on any atom is -0.476 e. The minimum absolute atomic E-state index is 0.0554. The quantitative estimate of drug-likeness (QED) is 0.643. The molecule has 0 bridgehead atoms. The molecule has 0 aliphatic rings. The molecule has 100 valence electrons. The first-order valence-corrected chi connectivity index (χ1v) is 5.14. The molecule has 2 aromatic heterocycles. The molecule has 0 saturated heterocycles. The van der Waals surface area contributed by atoms with Crippen molar-refractivity contribution in [3.05, 3.63) is 27.9 Å². The Labute approximate surface area is 105 Å². The lowest BCUT2D eigenvalue weighted by Gasteiger charge is -1.96. The van der Waals surface area contributed by atoms with E-state index < -0.39 is 22.5 Å². The van der Waals surface area contributed by atoms with Crippen LogP contribution in [0.1, 0.15) is 17.4 Å². The third kappa shape index (κ3) is 2.39. The monoisotopic (exact) mass is 268 g/mol. The third-order valence-corrected chi connectivity index (χ3v) is 2.06. The van der Waals surface area contributed by atoms with Gasteiger partial charge in [-0.2, -0.15) is 4.98 Å². The van der Waals surface area contributed by atoms with Crippen molar-refractivity contribution in [3.8, 4) is 17.6 Å². The second-order valence-electron chi connectivity index (χ2n) is 3.29. The van der Waals surface area contributed by atoms with Crippen LogP contribution in [-0.4, -0.2) is 27.6 Å². The van der Waals surface area contributed by atoms with Gasteiger partial charge in [-0.1, -0.05) is 0 Å². The van der Waals surface area contributed by atoms with E-state index in [2.05, 4.69) is 4.98 Å². The lowest BCUT2D eigenvalue weighted by molar-refractivity contribution is -0.401. The fourth-order valence-electron chi connectivity index (χ4n) is 1.32. The molecule has 0 aliphatic carbocycles. The molecule has 0 fully saturated rings. The number of rotatable bonds is 5. The summed E-state index contributed by atoms with van der Waals surface area (Å²) in [6.07, 6.45) is 0. The number of hydrogen-bond acceptors (Lipinski definition) is 7. The van der Waals surface area contributed by atoms with Gasteiger partial charge in [0.2, 0.25) is 5.69 Å². The van der Waals surface area contributed by atoms with Crippen molar-refractivity contribution >= 4 is 11.9 Å². The van der Waals surface area contributed by atoms with Crippen LogP contribution in [0.5, 0.6) is 5.95 Å². The van der Waals surface area contributed by atoms with Crippen molar-refractivity contribution < 1.29 is 28.4 Å².